The fraction of sp³-hybridized carbons (Fsp3) is 0.556. The van der Waals surface area contributed by atoms with Gasteiger partial charge in [-0.05, 0) is 6.42 Å². The predicted octanol–water partition coefficient (Wildman–Crippen LogP) is -0.476. The van der Waals surface area contributed by atoms with Crippen molar-refractivity contribution in [2.24, 2.45) is 0 Å². The molecule has 0 saturated carbocycles. The second-order valence-corrected chi connectivity index (χ2v) is 3.94. The number of ether oxygens (including phenoxy) is 1. The highest BCUT2D eigenvalue weighted by atomic mass is 16.5. The third kappa shape index (κ3) is 1.61. The SMILES string of the molecule is OC1(n2ccnn2)CCCOC1n1ccnn1. The average Bonchev–Trinajstić information content (AvgIpc) is 3.03. The summed E-state index contributed by atoms with van der Waals surface area (Å²) in [7, 11) is 0. The summed E-state index contributed by atoms with van der Waals surface area (Å²) < 4.78 is 8.47. The molecule has 1 N–H and O–H groups in total. The summed E-state index contributed by atoms with van der Waals surface area (Å²) in [5.41, 5.74) is -1.28. The van der Waals surface area contributed by atoms with Crippen molar-refractivity contribution in [3.63, 3.8) is 0 Å². The van der Waals surface area contributed by atoms with Gasteiger partial charge in [0.1, 0.15) is 0 Å². The lowest BCUT2D eigenvalue weighted by Gasteiger charge is -2.38. The molecule has 1 aliphatic rings. The van der Waals surface area contributed by atoms with E-state index in [-0.39, 0.29) is 0 Å². The van der Waals surface area contributed by atoms with Gasteiger partial charge in [-0.25, -0.2) is 9.36 Å². The number of nitrogens with zero attached hydrogens (tertiary/aromatic N) is 6. The van der Waals surface area contributed by atoms with E-state index in [0.717, 1.165) is 6.42 Å². The summed E-state index contributed by atoms with van der Waals surface area (Å²) in [6, 6.07) is 0. The van der Waals surface area contributed by atoms with Crippen LogP contribution in [0.5, 0.6) is 0 Å². The third-order valence-corrected chi connectivity index (χ3v) is 2.86. The molecular weight excluding hydrogens is 224 g/mol. The van der Waals surface area contributed by atoms with Crippen LogP contribution in [0.1, 0.15) is 19.1 Å². The van der Waals surface area contributed by atoms with Gasteiger partial charge in [0.2, 0.25) is 12.0 Å². The molecule has 0 spiro atoms. The zero-order valence-corrected chi connectivity index (χ0v) is 9.05. The first-order valence-corrected chi connectivity index (χ1v) is 5.37. The Morgan fingerprint density at radius 3 is 2.76 bits per heavy atom. The Morgan fingerprint density at radius 1 is 1.24 bits per heavy atom. The molecule has 3 heterocycles. The van der Waals surface area contributed by atoms with Gasteiger partial charge in [0.15, 0.2) is 0 Å². The first-order chi connectivity index (χ1) is 8.31. The molecule has 3 rings (SSSR count). The number of rotatable bonds is 2. The van der Waals surface area contributed by atoms with E-state index in [0.29, 0.717) is 13.0 Å². The summed E-state index contributed by atoms with van der Waals surface area (Å²) in [6.45, 7) is 0.571. The summed E-state index contributed by atoms with van der Waals surface area (Å²) in [5, 5.41) is 25.9. The van der Waals surface area contributed by atoms with Crippen molar-refractivity contribution in [3.05, 3.63) is 24.8 Å². The minimum Gasteiger partial charge on any atom is -0.365 e. The topological polar surface area (TPSA) is 90.9 Å². The Morgan fingerprint density at radius 2 is 2.06 bits per heavy atom. The van der Waals surface area contributed by atoms with Crippen LogP contribution in [0.2, 0.25) is 0 Å². The Bertz CT molecular complexity index is 470. The minimum absolute atomic E-state index is 0.529. The van der Waals surface area contributed by atoms with Crippen LogP contribution in [0.15, 0.2) is 24.8 Å². The highest BCUT2D eigenvalue weighted by Gasteiger charge is 2.44. The predicted molar refractivity (Wildman–Crippen MR) is 54.5 cm³/mol. The summed E-state index contributed by atoms with van der Waals surface area (Å²) in [6.07, 6.45) is 6.96. The summed E-state index contributed by atoms with van der Waals surface area (Å²) in [4.78, 5) is 0. The van der Waals surface area contributed by atoms with Crippen LogP contribution in [0, 0.1) is 0 Å². The van der Waals surface area contributed by atoms with Gasteiger partial charge in [0.25, 0.3) is 0 Å². The molecule has 2 aromatic heterocycles. The fourth-order valence-corrected chi connectivity index (χ4v) is 2.06. The van der Waals surface area contributed by atoms with E-state index in [1.165, 1.54) is 15.6 Å². The second-order valence-electron chi connectivity index (χ2n) is 3.94. The van der Waals surface area contributed by atoms with Crippen LogP contribution in [0.25, 0.3) is 0 Å². The van der Waals surface area contributed by atoms with Crippen molar-refractivity contribution in [3.8, 4) is 0 Å². The lowest BCUT2D eigenvalue weighted by molar-refractivity contribution is -0.235. The molecular formula is C9H12N6O2. The molecule has 0 aliphatic carbocycles. The van der Waals surface area contributed by atoms with E-state index in [2.05, 4.69) is 20.6 Å². The molecule has 0 radical (unpaired) electrons. The van der Waals surface area contributed by atoms with Gasteiger partial charge in [-0.2, -0.15) is 0 Å². The molecule has 17 heavy (non-hydrogen) atoms. The zero-order valence-electron chi connectivity index (χ0n) is 9.05. The fourth-order valence-electron chi connectivity index (χ4n) is 2.06. The van der Waals surface area contributed by atoms with Crippen LogP contribution in [-0.2, 0) is 10.5 Å². The van der Waals surface area contributed by atoms with Crippen molar-refractivity contribution in [1.29, 1.82) is 0 Å². The van der Waals surface area contributed by atoms with Crippen LogP contribution >= 0.6 is 0 Å². The summed E-state index contributed by atoms with van der Waals surface area (Å²) >= 11 is 0. The van der Waals surface area contributed by atoms with Gasteiger partial charge in [-0.3, -0.25) is 0 Å². The summed E-state index contributed by atoms with van der Waals surface area (Å²) in [5.74, 6) is 0. The Labute approximate surface area is 96.8 Å². The van der Waals surface area contributed by atoms with Crippen molar-refractivity contribution >= 4 is 0 Å². The molecule has 0 aromatic carbocycles. The molecule has 1 aliphatic heterocycles. The van der Waals surface area contributed by atoms with Crippen LogP contribution in [0.3, 0.4) is 0 Å². The van der Waals surface area contributed by atoms with Crippen molar-refractivity contribution in [2.75, 3.05) is 6.61 Å². The van der Waals surface area contributed by atoms with E-state index in [1.54, 1.807) is 18.6 Å². The van der Waals surface area contributed by atoms with Crippen molar-refractivity contribution in [2.45, 2.75) is 24.8 Å². The highest BCUT2D eigenvalue weighted by molar-refractivity contribution is 4.86. The van der Waals surface area contributed by atoms with E-state index >= 15 is 0 Å². The van der Waals surface area contributed by atoms with E-state index < -0.39 is 12.0 Å². The van der Waals surface area contributed by atoms with Crippen LogP contribution in [-0.4, -0.2) is 41.7 Å². The van der Waals surface area contributed by atoms with Gasteiger partial charge in [-0.15, -0.1) is 10.2 Å². The lowest BCUT2D eigenvalue weighted by Crippen LogP contribution is -2.47. The van der Waals surface area contributed by atoms with Crippen LogP contribution < -0.4 is 0 Å². The van der Waals surface area contributed by atoms with Gasteiger partial charge >= 0.3 is 0 Å². The molecule has 1 saturated heterocycles. The maximum absolute atomic E-state index is 10.7. The van der Waals surface area contributed by atoms with Gasteiger partial charge < -0.3 is 9.84 Å². The largest absolute Gasteiger partial charge is 0.365 e. The second kappa shape index (κ2) is 3.90. The molecule has 8 heteroatoms. The number of hydrogen-bond donors (Lipinski definition) is 1. The van der Waals surface area contributed by atoms with Crippen molar-refractivity contribution < 1.29 is 9.84 Å². The first kappa shape index (κ1) is 10.4. The van der Waals surface area contributed by atoms with Crippen LogP contribution in [0.4, 0.5) is 0 Å². The molecule has 8 nitrogen and oxygen atoms in total. The maximum Gasteiger partial charge on any atom is 0.206 e. The van der Waals surface area contributed by atoms with Gasteiger partial charge in [0.05, 0.1) is 12.4 Å². The molecule has 0 amide bonds. The molecule has 2 unspecified atom stereocenters. The Hall–Kier alpha value is -1.80. The quantitative estimate of drug-likeness (QED) is 0.757. The van der Waals surface area contributed by atoms with Crippen molar-refractivity contribution in [1.82, 2.24) is 30.0 Å². The number of hydrogen-bond acceptors (Lipinski definition) is 6. The number of aliphatic hydroxyl groups is 1. The monoisotopic (exact) mass is 236 g/mol. The molecule has 2 aromatic rings. The van der Waals surface area contributed by atoms with E-state index in [4.69, 9.17) is 4.74 Å². The standard InChI is InChI=1S/C9H12N6O2/c16-9(15-6-4-11-13-15)2-1-7-17-8(9)14-5-3-10-12-14/h3-6,8,16H,1-2,7H2. The third-order valence-electron chi connectivity index (χ3n) is 2.86. The first-order valence-electron chi connectivity index (χ1n) is 5.37. The molecule has 2 atom stereocenters. The smallest absolute Gasteiger partial charge is 0.206 e. The Balaban J connectivity index is 2.00. The molecule has 90 valence electrons. The normalized spacial score (nSPS) is 29.4. The van der Waals surface area contributed by atoms with Gasteiger partial charge in [0, 0.05) is 25.4 Å². The number of aromatic nitrogens is 6. The zero-order chi connectivity index (χ0) is 11.7. The minimum atomic E-state index is -1.28. The lowest BCUT2D eigenvalue weighted by atomic mass is 10.0. The maximum atomic E-state index is 10.7. The molecule has 0 bridgehead atoms. The highest BCUT2D eigenvalue weighted by Crippen LogP contribution is 2.36. The van der Waals surface area contributed by atoms with Gasteiger partial charge in [-0.1, -0.05) is 10.4 Å². The van der Waals surface area contributed by atoms with E-state index in [9.17, 15) is 5.11 Å². The Kier molecular flexibility index (Phi) is 2.37. The average molecular weight is 236 g/mol. The molecule has 1 fully saturated rings. The van der Waals surface area contributed by atoms with E-state index in [1.807, 2.05) is 0 Å².